The highest BCUT2D eigenvalue weighted by molar-refractivity contribution is 7.99. The van der Waals surface area contributed by atoms with E-state index in [-0.39, 0.29) is 0 Å². The lowest BCUT2D eigenvalue weighted by molar-refractivity contribution is 0.414. The highest BCUT2D eigenvalue weighted by atomic mass is 32.2. The molecule has 0 radical (unpaired) electrons. The molecular weight excluding hydrogens is 264 g/mol. The lowest BCUT2D eigenvalue weighted by Crippen LogP contribution is -1.92. The van der Waals surface area contributed by atoms with Gasteiger partial charge in [-0.1, -0.05) is 0 Å². The molecule has 0 N–H and O–H groups in total. The molecule has 0 aliphatic heterocycles. The maximum absolute atomic E-state index is 5.49. The zero-order valence-corrected chi connectivity index (χ0v) is 12.6. The molecule has 0 heterocycles. The molecule has 0 spiro atoms. The summed E-state index contributed by atoms with van der Waals surface area (Å²) in [6, 6.07) is 8.21. The minimum atomic E-state index is 0.894. The Balaban J connectivity index is 2.92. The van der Waals surface area contributed by atoms with Gasteiger partial charge in [0.1, 0.15) is 11.5 Å². The highest BCUT2D eigenvalue weighted by Crippen LogP contribution is 2.43. The van der Waals surface area contributed by atoms with E-state index in [1.807, 2.05) is 12.1 Å². The number of fused-ring (bicyclic) bond motifs is 1. The van der Waals surface area contributed by atoms with Gasteiger partial charge in [0, 0.05) is 20.6 Å². The van der Waals surface area contributed by atoms with Crippen LogP contribution in [0.4, 0.5) is 0 Å². The molecule has 0 fully saturated rings. The van der Waals surface area contributed by atoms with E-state index in [2.05, 4.69) is 24.6 Å². The normalized spacial score (nSPS) is 10.7. The van der Waals surface area contributed by atoms with Crippen molar-refractivity contribution in [3.63, 3.8) is 0 Å². The number of hydrogen-bond acceptors (Lipinski definition) is 4. The van der Waals surface area contributed by atoms with Crippen LogP contribution in [0.1, 0.15) is 0 Å². The third-order valence-electron chi connectivity index (χ3n) is 2.89. The number of rotatable bonds is 4. The fraction of sp³-hybridized carbons (Fsp3) is 0.286. The minimum absolute atomic E-state index is 0.894. The molecule has 96 valence electrons. The average molecular weight is 280 g/mol. The van der Waals surface area contributed by atoms with Gasteiger partial charge in [0.2, 0.25) is 0 Å². The summed E-state index contributed by atoms with van der Waals surface area (Å²) in [5.41, 5.74) is 0. The Hall–Kier alpha value is -1.00. The summed E-state index contributed by atoms with van der Waals surface area (Å²) in [5, 5.41) is 2.27. The lowest BCUT2D eigenvalue weighted by Gasteiger charge is -2.15. The van der Waals surface area contributed by atoms with Crippen LogP contribution in [-0.2, 0) is 0 Å². The summed E-state index contributed by atoms with van der Waals surface area (Å²) in [4.78, 5) is 2.41. The van der Waals surface area contributed by atoms with Crippen LogP contribution in [0.25, 0.3) is 10.8 Å². The Morgan fingerprint density at radius 3 is 1.39 bits per heavy atom. The first-order valence-corrected chi connectivity index (χ1v) is 7.97. The number of methoxy groups -OCH3 is 2. The van der Waals surface area contributed by atoms with Crippen molar-refractivity contribution in [2.75, 3.05) is 26.7 Å². The summed E-state index contributed by atoms with van der Waals surface area (Å²) in [7, 11) is 3.41. The van der Waals surface area contributed by atoms with Gasteiger partial charge in [-0.15, -0.1) is 23.5 Å². The first kappa shape index (κ1) is 13.4. The quantitative estimate of drug-likeness (QED) is 0.777. The molecule has 2 aromatic carbocycles. The molecule has 4 heteroatoms. The predicted octanol–water partition coefficient (Wildman–Crippen LogP) is 4.30. The van der Waals surface area contributed by atoms with Crippen molar-refractivity contribution in [2.45, 2.75) is 9.79 Å². The number of ether oxygens (including phenoxy) is 2. The van der Waals surface area contributed by atoms with Crippen molar-refractivity contribution in [3.8, 4) is 11.5 Å². The largest absolute Gasteiger partial charge is 0.496 e. The second-order valence-electron chi connectivity index (χ2n) is 3.69. The van der Waals surface area contributed by atoms with Crippen LogP contribution in [0.2, 0.25) is 0 Å². The molecule has 0 saturated carbocycles. The van der Waals surface area contributed by atoms with Crippen molar-refractivity contribution in [1.82, 2.24) is 0 Å². The second kappa shape index (κ2) is 5.76. The lowest BCUT2D eigenvalue weighted by atomic mass is 10.1. The molecule has 0 aliphatic rings. The Bertz CT molecular complexity index is 470. The highest BCUT2D eigenvalue weighted by Gasteiger charge is 2.14. The monoisotopic (exact) mass is 280 g/mol. The van der Waals surface area contributed by atoms with Gasteiger partial charge in [0.15, 0.2) is 0 Å². The van der Waals surface area contributed by atoms with E-state index < -0.39 is 0 Å². The third kappa shape index (κ3) is 2.15. The van der Waals surface area contributed by atoms with Crippen molar-refractivity contribution < 1.29 is 9.47 Å². The standard InChI is InChI=1S/C14H16O2S2/c1-15-9-5-7-12(18-4)14-10(16-2)6-8-11(17-3)13(9)14/h5-8H,1-4H3. The van der Waals surface area contributed by atoms with E-state index in [1.54, 1.807) is 37.7 Å². The van der Waals surface area contributed by atoms with E-state index >= 15 is 0 Å². The molecule has 0 amide bonds. The van der Waals surface area contributed by atoms with Gasteiger partial charge in [0.25, 0.3) is 0 Å². The molecule has 0 aromatic heterocycles. The smallest absolute Gasteiger partial charge is 0.128 e. The number of hydrogen-bond donors (Lipinski definition) is 0. The van der Waals surface area contributed by atoms with Crippen LogP contribution >= 0.6 is 23.5 Å². The van der Waals surface area contributed by atoms with Crippen molar-refractivity contribution >= 4 is 34.3 Å². The molecule has 0 saturated heterocycles. The van der Waals surface area contributed by atoms with Crippen molar-refractivity contribution in [2.24, 2.45) is 0 Å². The summed E-state index contributed by atoms with van der Waals surface area (Å²) in [5.74, 6) is 1.79. The first-order chi connectivity index (χ1) is 8.76. The number of thioether (sulfide) groups is 2. The zero-order valence-electron chi connectivity index (χ0n) is 10.9. The summed E-state index contributed by atoms with van der Waals surface area (Å²) < 4.78 is 11.0. The van der Waals surface area contributed by atoms with Gasteiger partial charge in [0.05, 0.1) is 14.2 Å². The molecule has 18 heavy (non-hydrogen) atoms. The Morgan fingerprint density at radius 1 is 0.722 bits per heavy atom. The second-order valence-corrected chi connectivity index (χ2v) is 5.39. The Morgan fingerprint density at radius 2 is 1.11 bits per heavy atom. The molecule has 2 rings (SSSR count). The van der Waals surface area contributed by atoms with Gasteiger partial charge in [-0.05, 0) is 36.8 Å². The Labute approximate surface area is 116 Å². The maximum atomic E-state index is 5.49. The van der Waals surface area contributed by atoms with E-state index in [0.717, 1.165) is 22.3 Å². The van der Waals surface area contributed by atoms with Crippen molar-refractivity contribution in [1.29, 1.82) is 0 Å². The van der Waals surface area contributed by atoms with E-state index in [9.17, 15) is 0 Å². The third-order valence-corrected chi connectivity index (χ3v) is 4.45. The molecule has 2 nitrogen and oxygen atoms in total. The molecule has 0 unspecified atom stereocenters. The Kier molecular flexibility index (Phi) is 4.30. The molecular formula is C14H16O2S2. The van der Waals surface area contributed by atoms with Gasteiger partial charge in [-0.2, -0.15) is 0 Å². The number of benzene rings is 2. The summed E-state index contributed by atoms with van der Waals surface area (Å²) in [6.07, 6.45) is 4.15. The minimum Gasteiger partial charge on any atom is -0.496 e. The van der Waals surface area contributed by atoms with Crippen LogP contribution in [0.5, 0.6) is 11.5 Å². The maximum Gasteiger partial charge on any atom is 0.128 e. The fourth-order valence-corrected chi connectivity index (χ4v) is 3.27. The van der Waals surface area contributed by atoms with E-state index in [4.69, 9.17) is 9.47 Å². The molecule has 0 aliphatic carbocycles. The van der Waals surface area contributed by atoms with Gasteiger partial charge < -0.3 is 9.47 Å². The first-order valence-electron chi connectivity index (χ1n) is 5.52. The molecule has 2 aromatic rings. The SMILES string of the molecule is COc1ccc(SC)c2c(OC)ccc(SC)c12. The van der Waals surface area contributed by atoms with Crippen LogP contribution in [0.15, 0.2) is 34.1 Å². The van der Waals surface area contributed by atoms with Gasteiger partial charge >= 0.3 is 0 Å². The molecule has 0 bridgehead atoms. The van der Waals surface area contributed by atoms with Gasteiger partial charge in [-0.3, -0.25) is 0 Å². The van der Waals surface area contributed by atoms with E-state index in [1.165, 1.54) is 9.79 Å². The van der Waals surface area contributed by atoms with E-state index in [0.29, 0.717) is 0 Å². The fourth-order valence-electron chi connectivity index (χ4n) is 2.05. The topological polar surface area (TPSA) is 18.5 Å². The predicted molar refractivity (Wildman–Crippen MR) is 80.6 cm³/mol. The summed E-state index contributed by atoms with van der Waals surface area (Å²) in [6.45, 7) is 0. The van der Waals surface area contributed by atoms with Crippen molar-refractivity contribution in [3.05, 3.63) is 24.3 Å². The van der Waals surface area contributed by atoms with Crippen LogP contribution < -0.4 is 9.47 Å². The summed E-state index contributed by atoms with van der Waals surface area (Å²) >= 11 is 3.44. The zero-order chi connectivity index (χ0) is 13.1. The van der Waals surface area contributed by atoms with Crippen LogP contribution in [0, 0.1) is 0 Å². The average Bonchev–Trinajstić information content (AvgIpc) is 2.44. The van der Waals surface area contributed by atoms with Crippen LogP contribution in [0.3, 0.4) is 0 Å². The van der Waals surface area contributed by atoms with Crippen LogP contribution in [-0.4, -0.2) is 26.7 Å². The molecule has 0 atom stereocenters. The van der Waals surface area contributed by atoms with Gasteiger partial charge in [-0.25, -0.2) is 0 Å².